The van der Waals surface area contributed by atoms with Crippen LogP contribution in [0.2, 0.25) is 10.0 Å². The summed E-state index contributed by atoms with van der Waals surface area (Å²) in [5.74, 6) is 0.188. The van der Waals surface area contributed by atoms with Crippen molar-refractivity contribution in [2.75, 3.05) is 13.1 Å². The van der Waals surface area contributed by atoms with Gasteiger partial charge in [0.2, 0.25) is 0 Å². The number of nitrogens with one attached hydrogen (secondary N) is 1. The molecule has 94 valence electrons. The predicted molar refractivity (Wildman–Crippen MR) is 68.6 cm³/mol. The second-order valence-electron chi connectivity index (χ2n) is 3.41. The van der Waals surface area contributed by atoms with Crippen LogP contribution in [-0.2, 0) is 4.79 Å². The average Bonchev–Trinajstić information content (AvgIpc) is 2.29. The highest BCUT2D eigenvalue weighted by molar-refractivity contribution is 6.35. The Kier molecular flexibility index (Phi) is 5.55. The number of amides is 1. The van der Waals surface area contributed by atoms with Crippen LogP contribution in [0.3, 0.4) is 0 Å². The third-order valence-corrected chi connectivity index (χ3v) is 2.54. The summed E-state index contributed by atoms with van der Waals surface area (Å²) in [7, 11) is 0. The van der Waals surface area contributed by atoms with Crippen LogP contribution in [0.15, 0.2) is 18.2 Å². The van der Waals surface area contributed by atoms with Gasteiger partial charge in [-0.05, 0) is 25.1 Å². The number of nitrogens with two attached hydrogens (primary N) is 1. The van der Waals surface area contributed by atoms with Crippen LogP contribution in [0, 0.1) is 0 Å². The maximum absolute atomic E-state index is 11.5. The topological polar surface area (TPSA) is 64.3 Å². The number of hydrogen-bond acceptors (Lipinski definition) is 3. The average molecular weight is 277 g/mol. The van der Waals surface area contributed by atoms with Gasteiger partial charge in [0, 0.05) is 18.1 Å². The molecule has 1 aromatic carbocycles. The maximum Gasteiger partial charge on any atom is 0.260 e. The van der Waals surface area contributed by atoms with E-state index in [4.69, 9.17) is 33.7 Å². The molecule has 4 nitrogen and oxygen atoms in total. The van der Waals surface area contributed by atoms with Gasteiger partial charge < -0.3 is 15.8 Å². The SMILES string of the molecule is CC(Oc1ccc(Cl)cc1Cl)C(=O)NCCN. The molecule has 0 saturated heterocycles. The lowest BCUT2D eigenvalue weighted by molar-refractivity contribution is -0.127. The number of benzene rings is 1. The second kappa shape index (κ2) is 6.69. The highest BCUT2D eigenvalue weighted by Gasteiger charge is 2.15. The quantitative estimate of drug-likeness (QED) is 0.863. The molecule has 0 aliphatic rings. The summed E-state index contributed by atoms with van der Waals surface area (Å²) in [6, 6.07) is 4.83. The Balaban J connectivity index is 2.61. The fraction of sp³-hybridized carbons (Fsp3) is 0.364. The van der Waals surface area contributed by atoms with Gasteiger partial charge in [-0.25, -0.2) is 0 Å². The van der Waals surface area contributed by atoms with Crippen molar-refractivity contribution in [2.45, 2.75) is 13.0 Å². The number of ether oxygens (including phenoxy) is 1. The number of carbonyl (C=O) groups excluding carboxylic acids is 1. The van der Waals surface area contributed by atoms with Crippen LogP contribution in [0.5, 0.6) is 5.75 Å². The van der Waals surface area contributed by atoms with Crippen LogP contribution in [0.1, 0.15) is 6.92 Å². The molecule has 0 spiro atoms. The zero-order chi connectivity index (χ0) is 12.8. The number of hydrogen-bond donors (Lipinski definition) is 2. The first-order chi connectivity index (χ1) is 8.04. The minimum atomic E-state index is -0.639. The summed E-state index contributed by atoms with van der Waals surface area (Å²) in [4.78, 5) is 11.5. The van der Waals surface area contributed by atoms with Gasteiger partial charge in [-0.15, -0.1) is 0 Å². The standard InChI is InChI=1S/C11H14Cl2N2O2/c1-7(11(16)15-5-4-14)17-10-3-2-8(12)6-9(10)13/h2-3,6-7H,4-5,14H2,1H3,(H,15,16). The van der Waals surface area contributed by atoms with E-state index in [2.05, 4.69) is 5.32 Å². The van der Waals surface area contributed by atoms with Crippen molar-refractivity contribution in [3.05, 3.63) is 28.2 Å². The summed E-state index contributed by atoms with van der Waals surface area (Å²) in [5.41, 5.74) is 5.28. The van der Waals surface area contributed by atoms with E-state index in [-0.39, 0.29) is 5.91 Å². The summed E-state index contributed by atoms with van der Waals surface area (Å²) >= 11 is 11.7. The normalized spacial score (nSPS) is 12.0. The van der Waals surface area contributed by atoms with Gasteiger partial charge in [0.15, 0.2) is 6.10 Å². The molecule has 1 amide bonds. The van der Waals surface area contributed by atoms with E-state index in [1.54, 1.807) is 25.1 Å². The summed E-state index contributed by atoms with van der Waals surface area (Å²) in [5, 5.41) is 3.51. The van der Waals surface area contributed by atoms with Crippen molar-refractivity contribution >= 4 is 29.1 Å². The van der Waals surface area contributed by atoms with Crippen molar-refractivity contribution in [3.63, 3.8) is 0 Å². The lowest BCUT2D eigenvalue weighted by atomic mass is 10.3. The lowest BCUT2D eigenvalue weighted by Crippen LogP contribution is -2.38. The lowest BCUT2D eigenvalue weighted by Gasteiger charge is -2.15. The molecule has 0 fully saturated rings. The van der Waals surface area contributed by atoms with Crippen molar-refractivity contribution in [1.29, 1.82) is 0 Å². The first kappa shape index (κ1) is 14.1. The molecule has 1 rings (SSSR count). The highest BCUT2D eigenvalue weighted by Crippen LogP contribution is 2.28. The molecule has 3 N–H and O–H groups in total. The fourth-order valence-corrected chi connectivity index (χ4v) is 1.61. The van der Waals surface area contributed by atoms with Crippen LogP contribution in [0.25, 0.3) is 0 Å². The van der Waals surface area contributed by atoms with Crippen molar-refractivity contribution in [3.8, 4) is 5.75 Å². The Morgan fingerprint density at radius 2 is 2.24 bits per heavy atom. The van der Waals surface area contributed by atoms with Crippen LogP contribution >= 0.6 is 23.2 Å². The molecule has 0 aliphatic heterocycles. The van der Waals surface area contributed by atoms with Gasteiger partial charge in [0.1, 0.15) is 5.75 Å². The molecule has 0 aromatic heterocycles. The number of rotatable bonds is 5. The van der Waals surface area contributed by atoms with Crippen LogP contribution in [-0.4, -0.2) is 25.1 Å². The molecule has 0 aliphatic carbocycles. The molecule has 1 unspecified atom stereocenters. The molecule has 0 radical (unpaired) electrons. The van der Waals surface area contributed by atoms with E-state index in [1.165, 1.54) is 0 Å². The first-order valence-corrected chi connectivity index (χ1v) is 5.89. The van der Waals surface area contributed by atoms with E-state index >= 15 is 0 Å². The van der Waals surface area contributed by atoms with E-state index in [9.17, 15) is 4.79 Å². The number of carbonyl (C=O) groups is 1. The Morgan fingerprint density at radius 3 is 2.82 bits per heavy atom. The van der Waals surface area contributed by atoms with Crippen molar-refractivity contribution in [2.24, 2.45) is 5.73 Å². The van der Waals surface area contributed by atoms with Gasteiger partial charge in [-0.2, -0.15) is 0 Å². The minimum absolute atomic E-state index is 0.235. The predicted octanol–water partition coefficient (Wildman–Crippen LogP) is 1.84. The molecule has 6 heteroatoms. The van der Waals surface area contributed by atoms with E-state index in [0.717, 1.165) is 0 Å². The van der Waals surface area contributed by atoms with Crippen LogP contribution in [0.4, 0.5) is 0 Å². The third kappa shape index (κ3) is 4.42. The highest BCUT2D eigenvalue weighted by atomic mass is 35.5. The Bertz CT molecular complexity index is 399. The molecule has 1 aromatic rings. The van der Waals surface area contributed by atoms with Gasteiger partial charge in [-0.3, -0.25) is 4.79 Å². The molecule has 0 saturated carbocycles. The Labute approximate surface area is 110 Å². The number of halogens is 2. The fourth-order valence-electron chi connectivity index (χ4n) is 1.15. The molecular formula is C11H14Cl2N2O2. The van der Waals surface area contributed by atoms with Gasteiger partial charge >= 0.3 is 0 Å². The van der Waals surface area contributed by atoms with E-state index in [0.29, 0.717) is 28.9 Å². The summed E-state index contributed by atoms with van der Waals surface area (Å²) in [6.45, 7) is 2.44. The second-order valence-corrected chi connectivity index (χ2v) is 4.26. The maximum atomic E-state index is 11.5. The zero-order valence-electron chi connectivity index (χ0n) is 9.37. The van der Waals surface area contributed by atoms with Gasteiger partial charge in [0.25, 0.3) is 5.91 Å². The summed E-state index contributed by atoms with van der Waals surface area (Å²) in [6.07, 6.45) is -0.639. The zero-order valence-corrected chi connectivity index (χ0v) is 10.9. The van der Waals surface area contributed by atoms with Crippen molar-refractivity contribution in [1.82, 2.24) is 5.32 Å². The molecule has 0 heterocycles. The molecule has 0 bridgehead atoms. The summed E-state index contributed by atoms with van der Waals surface area (Å²) < 4.78 is 5.42. The monoisotopic (exact) mass is 276 g/mol. The first-order valence-electron chi connectivity index (χ1n) is 5.14. The largest absolute Gasteiger partial charge is 0.479 e. The minimum Gasteiger partial charge on any atom is -0.479 e. The Hall–Kier alpha value is -0.970. The van der Waals surface area contributed by atoms with E-state index < -0.39 is 6.10 Å². The molecule has 1 atom stereocenters. The third-order valence-electron chi connectivity index (χ3n) is 2.01. The van der Waals surface area contributed by atoms with Crippen LogP contribution < -0.4 is 15.8 Å². The molecule has 17 heavy (non-hydrogen) atoms. The van der Waals surface area contributed by atoms with Crippen molar-refractivity contribution < 1.29 is 9.53 Å². The van der Waals surface area contributed by atoms with Gasteiger partial charge in [0.05, 0.1) is 5.02 Å². The Morgan fingerprint density at radius 1 is 1.53 bits per heavy atom. The molecular weight excluding hydrogens is 263 g/mol. The van der Waals surface area contributed by atoms with Gasteiger partial charge in [-0.1, -0.05) is 23.2 Å². The van der Waals surface area contributed by atoms with E-state index in [1.807, 2.05) is 0 Å². The smallest absolute Gasteiger partial charge is 0.260 e.